The fraction of sp³-hybridized carbons (Fsp3) is 0.188. The van der Waals surface area contributed by atoms with Gasteiger partial charge in [-0.25, -0.2) is 0 Å². The van der Waals surface area contributed by atoms with Crippen LogP contribution >= 0.6 is 0 Å². The van der Waals surface area contributed by atoms with Crippen molar-refractivity contribution in [2.45, 2.75) is 49.7 Å². The van der Waals surface area contributed by atoms with Crippen LogP contribution in [0.25, 0.3) is 33.1 Å². The molecule has 4 unspecified atom stereocenters. The predicted molar refractivity (Wildman–Crippen MR) is 212 cm³/mol. The summed E-state index contributed by atoms with van der Waals surface area (Å²) in [5, 5.41) is 2.58. The molecule has 0 saturated carbocycles. The van der Waals surface area contributed by atoms with Crippen LogP contribution in [0, 0.1) is 5.92 Å². The van der Waals surface area contributed by atoms with Crippen molar-refractivity contribution in [3.05, 3.63) is 179 Å². The summed E-state index contributed by atoms with van der Waals surface area (Å²) in [5.74, 6) is 2.79. The highest BCUT2D eigenvalue weighted by molar-refractivity contribution is 6.09. The summed E-state index contributed by atoms with van der Waals surface area (Å²) >= 11 is 0. The summed E-state index contributed by atoms with van der Waals surface area (Å²) in [6, 6.07) is 31.6. The Balaban J connectivity index is 1.11. The van der Waals surface area contributed by atoms with Crippen molar-refractivity contribution in [3.8, 4) is 11.5 Å². The van der Waals surface area contributed by atoms with E-state index in [1.165, 1.54) is 49.6 Å². The van der Waals surface area contributed by atoms with Crippen molar-refractivity contribution in [1.82, 2.24) is 4.57 Å². The maximum Gasteiger partial charge on any atom is 0.132 e. The highest BCUT2D eigenvalue weighted by atomic mass is 16.5. The molecule has 11 rings (SSSR count). The van der Waals surface area contributed by atoms with E-state index in [4.69, 9.17) is 14.5 Å². The molecule has 0 amide bonds. The second-order valence-electron chi connectivity index (χ2n) is 14.7. The van der Waals surface area contributed by atoms with Crippen LogP contribution < -0.4 is 4.74 Å². The average Bonchev–Trinajstić information content (AvgIpc) is 3.54. The summed E-state index contributed by atoms with van der Waals surface area (Å²) in [6.07, 6.45) is 29.6. The number of aromatic nitrogens is 1. The Morgan fingerprint density at radius 1 is 0.692 bits per heavy atom. The number of rotatable bonds is 3. The zero-order chi connectivity index (χ0) is 34.2. The highest BCUT2D eigenvalue weighted by Gasteiger charge is 2.58. The van der Waals surface area contributed by atoms with Crippen LogP contribution in [0.2, 0.25) is 0 Å². The summed E-state index contributed by atoms with van der Waals surface area (Å²) in [7, 11) is 0. The Bertz CT molecular complexity index is 2590. The van der Waals surface area contributed by atoms with Crippen molar-refractivity contribution in [2.75, 3.05) is 0 Å². The maximum atomic E-state index is 7.23. The van der Waals surface area contributed by atoms with E-state index in [0.29, 0.717) is 0 Å². The van der Waals surface area contributed by atoms with E-state index >= 15 is 0 Å². The second kappa shape index (κ2) is 11.6. The molecular weight excluding hydrogens is 637 g/mol. The summed E-state index contributed by atoms with van der Waals surface area (Å²) < 4.78 is 16.6. The van der Waals surface area contributed by atoms with Crippen molar-refractivity contribution >= 4 is 39.3 Å². The zero-order valence-corrected chi connectivity index (χ0v) is 28.9. The zero-order valence-electron chi connectivity index (χ0n) is 28.9. The number of fused-ring (bicyclic) bond motifs is 11. The lowest BCUT2D eigenvalue weighted by molar-refractivity contribution is 0.0710. The number of nitrogens with zero attached hydrogens (tertiary/aromatic N) is 2. The summed E-state index contributed by atoms with van der Waals surface area (Å²) in [5.41, 5.74) is 10.2. The van der Waals surface area contributed by atoms with Crippen LogP contribution in [-0.4, -0.2) is 16.9 Å². The van der Waals surface area contributed by atoms with Gasteiger partial charge in [-0.2, -0.15) is 0 Å². The van der Waals surface area contributed by atoms with E-state index < -0.39 is 5.41 Å². The third kappa shape index (κ3) is 4.24. The Labute approximate surface area is 303 Å². The van der Waals surface area contributed by atoms with Crippen LogP contribution in [0.4, 0.5) is 0 Å². The molecule has 3 aliphatic heterocycles. The van der Waals surface area contributed by atoms with E-state index in [1.54, 1.807) is 0 Å². The van der Waals surface area contributed by atoms with E-state index in [2.05, 4.69) is 150 Å². The minimum Gasteiger partial charge on any atom is -0.485 e. The molecule has 5 aromatic rings. The molecule has 6 aliphatic rings. The normalized spacial score (nSPS) is 25.3. The van der Waals surface area contributed by atoms with Gasteiger partial charge in [0.2, 0.25) is 0 Å². The first-order valence-corrected chi connectivity index (χ1v) is 18.8. The number of allylic oxidation sites excluding steroid dienone is 10. The highest BCUT2D eigenvalue weighted by Crippen LogP contribution is 2.63. The van der Waals surface area contributed by atoms with Crippen molar-refractivity contribution in [1.29, 1.82) is 0 Å². The van der Waals surface area contributed by atoms with E-state index in [-0.39, 0.29) is 18.1 Å². The van der Waals surface area contributed by atoms with Gasteiger partial charge in [0.15, 0.2) is 0 Å². The Hall–Kier alpha value is -5.87. The molecule has 4 aromatic carbocycles. The minimum atomic E-state index is -0.504. The van der Waals surface area contributed by atoms with Crippen molar-refractivity contribution < 1.29 is 9.47 Å². The smallest absolute Gasteiger partial charge is 0.132 e. The number of aliphatic imine (C=N–C) groups is 1. The minimum absolute atomic E-state index is 0.0106. The first kappa shape index (κ1) is 29.8. The number of para-hydroxylation sites is 2. The molecule has 1 saturated heterocycles. The number of ether oxygens (including phenoxy) is 2. The fourth-order valence-corrected chi connectivity index (χ4v) is 9.76. The van der Waals surface area contributed by atoms with Gasteiger partial charge in [0.05, 0.1) is 22.7 Å². The van der Waals surface area contributed by atoms with Crippen LogP contribution in [0.5, 0.6) is 11.5 Å². The van der Waals surface area contributed by atoms with Gasteiger partial charge in [-0.3, -0.25) is 4.99 Å². The van der Waals surface area contributed by atoms with Gasteiger partial charge < -0.3 is 14.0 Å². The first-order valence-electron chi connectivity index (χ1n) is 18.8. The van der Waals surface area contributed by atoms with Crippen LogP contribution in [0.3, 0.4) is 0 Å². The van der Waals surface area contributed by atoms with Gasteiger partial charge in [-0.1, -0.05) is 115 Å². The molecule has 4 heteroatoms. The van der Waals surface area contributed by atoms with E-state index in [9.17, 15) is 0 Å². The molecule has 3 aliphatic carbocycles. The average molecular weight is 675 g/mol. The Morgan fingerprint density at radius 2 is 1.54 bits per heavy atom. The number of hydrogen-bond donors (Lipinski definition) is 0. The molecule has 1 aromatic heterocycles. The van der Waals surface area contributed by atoms with Gasteiger partial charge >= 0.3 is 0 Å². The lowest BCUT2D eigenvalue weighted by atomic mass is 9.55. The second-order valence-corrected chi connectivity index (χ2v) is 14.7. The first-order chi connectivity index (χ1) is 25.8. The molecule has 0 N–H and O–H groups in total. The molecule has 252 valence electrons. The lowest BCUT2D eigenvalue weighted by Gasteiger charge is -2.54. The predicted octanol–water partition coefficient (Wildman–Crippen LogP) is 11.7. The van der Waals surface area contributed by atoms with Gasteiger partial charge in [-0.15, -0.1) is 0 Å². The third-order valence-electron chi connectivity index (χ3n) is 11.9. The molecule has 4 atom stereocenters. The Kier molecular flexibility index (Phi) is 6.64. The van der Waals surface area contributed by atoms with Crippen molar-refractivity contribution in [3.63, 3.8) is 0 Å². The molecule has 52 heavy (non-hydrogen) atoms. The summed E-state index contributed by atoms with van der Waals surface area (Å²) in [4.78, 5) is 4.76. The quantitative estimate of drug-likeness (QED) is 0.191. The monoisotopic (exact) mass is 674 g/mol. The molecule has 1 fully saturated rings. The van der Waals surface area contributed by atoms with Crippen LogP contribution in [0.1, 0.15) is 60.4 Å². The molecular formula is C48H38N2O2. The fourth-order valence-electron chi connectivity index (χ4n) is 9.76. The van der Waals surface area contributed by atoms with E-state index in [0.717, 1.165) is 60.6 Å². The van der Waals surface area contributed by atoms with E-state index in [1.807, 2.05) is 6.21 Å². The maximum absolute atomic E-state index is 7.23. The molecule has 0 bridgehead atoms. The molecule has 0 radical (unpaired) electrons. The van der Waals surface area contributed by atoms with Gasteiger partial charge in [0, 0.05) is 56.3 Å². The number of benzene rings is 4. The standard InChI is InChI=1S/C48H38N2O2/c1-2-13-33(14-3-1)50-42-21-7-4-15-35(42)36-26-24-31(29-43(36)50)34-16-12-19-40-47(34)52-45-23-9-6-18-38(45)48(40)37-17-5-8-22-44(37)51-46-30-32(25-27-39(46)48)41-20-10-11-28-49-41/h1-5,7-8,12-13,15-30,33,40,47H,6,9-11,14H2. The van der Waals surface area contributed by atoms with Gasteiger partial charge in [-0.05, 0) is 68.0 Å². The molecule has 4 heterocycles. The van der Waals surface area contributed by atoms with Crippen molar-refractivity contribution in [2.24, 2.45) is 10.9 Å². The third-order valence-corrected chi connectivity index (χ3v) is 11.9. The molecule has 1 spiro atoms. The lowest BCUT2D eigenvalue weighted by Crippen LogP contribution is -2.51. The Morgan fingerprint density at radius 3 is 2.46 bits per heavy atom. The summed E-state index contributed by atoms with van der Waals surface area (Å²) in [6.45, 7) is 0. The SMILES string of the molecule is C1=CCC(n2c3ccccc3c3ccc(C4=CC=CC5C4OC4=CCCC=C4C54c5ccccc5Oc5cc(C6=CCCC=N6)ccc54)cc32)C=C1. The van der Waals surface area contributed by atoms with Gasteiger partial charge in [0.25, 0.3) is 0 Å². The number of hydrogen-bond acceptors (Lipinski definition) is 3. The van der Waals surface area contributed by atoms with Crippen LogP contribution in [-0.2, 0) is 10.2 Å². The molecule has 4 nitrogen and oxygen atoms in total. The topological polar surface area (TPSA) is 35.8 Å². The van der Waals surface area contributed by atoms with Gasteiger partial charge in [0.1, 0.15) is 23.4 Å². The van der Waals surface area contributed by atoms with Crippen LogP contribution in [0.15, 0.2) is 162 Å². The largest absolute Gasteiger partial charge is 0.485 e.